The number of piperazine rings is 1. The van der Waals surface area contributed by atoms with Crippen molar-refractivity contribution in [2.24, 2.45) is 5.92 Å². The first kappa shape index (κ1) is 16.1. The number of hydrogen-bond acceptors (Lipinski definition) is 3. The van der Waals surface area contributed by atoms with Gasteiger partial charge in [0.2, 0.25) is 0 Å². The van der Waals surface area contributed by atoms with Crippen LogP contribution in [0.3, 0.4) is 0 Å². The van der Waals surface area contributed by atoms with Gasteiger partial charge < -0.3 is 10.4 Å². The molecule has 0 radical (unpaired) electrons. The minimum absolute atomic E-state index is 0. The standard InChI is InChI=1S/C12H22N2O2.K.H/c15-12(16)9-14-7-6-13-8-11(14)10-4-2-1-3-5-10;;/h10-11,13H,1-9H2,(H,15,16);;. The molecule has 0 aromatic carbocycles. The van der Waals surface area contributed by atoms with E-state index in [1.807, 2.05) is 0 Å². The topological polar surface area (TPSA) is 52.6 Å². The van der Waals surface area contributed by atoms with Gasteiger partial charge in [0.05, 0.1) is 6.54 Å². The number of hydrogen-bond donors (Lipinski definition) is 2. The zero-order chi connectivity index (χ0) is 11.4. The SMILES string of the molecule is O=C(O)CN1CCNCC1C1CCCCC1.[KH]. The third kappa shape index (κ3) is 4.89. The molecule has 94 valence electrons. The molecule has 5 heteroatoms. The van der Waals surface area contributed by atoms with E-state index in [1.165, 1.54) is 32.1 Å². The number of rotatable bonds is 3. The Bertz CT molecular complexity index is 245. The number of carbonyl (C=O) groups is 1. The maximum atomic E-state index is 10.8. The Morgan fingerprint density at radius 1 is 1.29 bits per heavy atom. The zero-order valence-electron chi connectivity index (χ0n) is 9.82. The Kier molecular flexibility index (Phi) is 7.80. The molecule has 2 N–H and O–H groups in total. The molecule has 4 nitrogen and oxygen atoms in total. The first-order valence-corrected chi connectivity index (χ1v) is 6.44. The third-order valence-corrected chi connectivity index (χ3v) is 3.93. The normalized spacial score (nSPS) is 27.4. The van der Waals surface area contributed by atoms with Gasteiger partial charge in [-0.1, -0.05) is 19.3 Å². The van der Waals surface area contributed by atoms with Gasteiger partial charge >= 0.3 is 57.4 Å². The molecule has 2 fully saturated rings. The molecular weight excluding hydrogens is 243 g/mol. The van der Waals surface area contributed by atoms with E-state index >= 15 is 0 Å². The molecule has 0 amide bonds. The average Bonchev–Trinajstić information content (AvgIpc) is 2.30. The van der Waals surface area contributed by atoms with Crippen LogP contribution < -0.4 is 5.32 Å². The van der Waals surface area contributed by atoms with Crippen LogP contribution in [-0.4, -0.2) is 99.6 Å². The Labute approximate surface area is 146 Å². The molecule has 1 saturated heterocycles. The van der Waals surface area contributed by atoms with Crippen molar-refractivity contribution in [1.29, 1.82) is 0 Å². The summed E-state index contributed by atoms with van der Waals surface area (Å²) >= 11 is 0. The first-order chi connectivity index (χ1) is 7.77. The Balaban J connectivity index is 0.00000144. The molecule has 0 aromatic rings. The van der Waals surface area contributed by atoms with Crippen LogP contribution >= 0.6 is 0 Å². The molecular formula is C12H23KN2O2. The Morgan fingerprint density at radius 3 is 2.65 bits per heavy atom. The van der Waals surface area contributed by atoms with Gasteiger partial charge in [-0.2, -0.15) is 0 Å². The molecule has 0 aromatic heterocycles. The van der Waals surface area contributed by atoms with Crippen molar-refractivity contribution in [2.45, 2.75) is 38.1 Å². The summed E-state index contributed by atoms with van der Waals surface area (Å²) in [6, 6.07) is 0.449. The van der Waals surface area contributed by atoms with Gasteiger partial charge in [0.15, 0.2) is 0 Å². The van der Waals surface area contributed by atoms with E-state index in [1.54, 1.807) is 0 Å². The predicted molar refractivity (Wildman–Crippen MR) is 69.6 cm³/mol. The van der Waals surface area contributed by atoms with Crippen LogP contribution in [0.5, 0.6) is 0 Å². The zero-order valence-corrected chi connectivity index (χ0v) is 9.82. The van der Waals surface area contributed by atoms with E-state index in [2.05, 4.69) is 10.2 Å². The summed E-state index contributed by atoms with van der Waals surface area (Å²) in [4.78, 5) is 13.0. The summed E-state index contributed by atoms with van der Waals surface area (Å²) in [6.45, 7) is 2.99. The quantitative estimate of drug-likeness (QED) is 0.720. The van der Waals surface area contributed by atoms with E-state index < -0.39 is 5.97 Å². The van der Waals surface area contributed by atoms with E-state index in [9.17, 15) is 4.79 Å². The van der Waals surface area contributed by atoms with Gasteiger partial charge in [0.1, 0.15) is 0 Å². The fourth-order valence-corrected chi connectivity index (χ4v) is 3.12. The molecule has 1 unspecified atom stereocenters. The summed E-state index contributed by atoms with van der Waals surface area (Å²) in [5.41, 5.74) is 0. The van der Waals surface area contributed by atoms with E-state index in [0.29, 0.717) is 12.0 Å². The molecule has 0 bridgehead atoms. The second kappa shape index (κ2) is 8.25. The van der Waals surface area contributed by atoms with Crippen molar-refractivity contribution in [2.75, 3.05) is 26.2 Å². The third-order valence-electron chi connectivity index (χ3n) is 3.93. The van der Waals surface area contributed by atoms with Gasteiger partial charge in [-0.05, 0) is 18.8 Å². The average molecular weight is 266 g/mol. The molecule has 1 aliphatic carbocycles. The fourth-order valence-electron chi connectivity index (χ4n) is 3.12. The van der Waals surface area contributed by atoms with Gasteiger partial charge in [-0.3, -0.25) is 9.69 Å². The second-order valence-corrected chi connectivity index (χ2v) is 5.03. The summed E-state index contributed by atoms with van der Waals surface area (Å²) < 4.78 is 0. The predicted octanol–water partition coefficient (Wildman–Crippen LogP) is 0.277. The number of carboxylic acid groups (broad SMARTS) is 1. The van der Waals surface area contributed by atoms with Crippen LogP contribution in [0.4, 0.5) is 0 Å². The molecule has 1 saturated carbocycles. The van der Waals surface area contributed by atoms with Crippen LogP contribution in [0.1, 0.15) is 32.1 Å². The van der Waals surface area contributed by atoms with Gasteiger partial charge in [0.25, 0.3) is 0 Å². The van der Waals surface area contributed by atoms with Crippen LogP contribution in [0.15, 0.2) is 0 Å². The van der Waals surface area contributed by atoms with Crippen molar-refractivity contribution in [1.82, 2.24) is 10.2 Å². The Morgan fingerprint density at radius 2 is 2.00 bits per heavy atom. The number of carboxylic acids is 1. The Hall–Kier alpha value is 1.03. The van der Waals surface area contributed by atoms with Crippen molar-refractivity contribution in [3.05, 3.63) is 0 Å². The number of aliphatic carboxylic acids is 1. The molecule has 2 rings (SSSR count). The summed E-state index contributed by atoms with van der Waals surface area (Å²) in [6.07, 6.45) is 6.56. The summed E-state index contributed by atoms with van der Waals surface area (Å²) in [5, 5.41) is 12.3. The van der Waals surface area contributed by atoms with Crippen LogP contribution in [0.25, 0.3) is 0 Å². The minimum atomic E-state index is -0.692. The van der Waals surface area contributed by atoms with Crippen LogP contribution in [-0.2, 0) is 4.79 Å². The van der Waals surface area contributed by atoms with Gasteiger partial charge in [-0.15, -0.1) is 0 Å². The van der Waals surface area contributed by atoms with Crippen molar-refractivity contribution in [3.8, 4) is 0 Å². The molecule has 1 atom stereocenters. The first-order valence-electron chi connectivity index (χ1n) is 6.44. The van der Waals surface area contributed by atoms with Crippen molar-refractivity contribution >= 4 is 57.4 Å². The van der Waals surface area contributed by atoms with Crippen molar-refractivity contribution < 1.29 is 9.90 Å². The molecule has 0 spiro atoms. The van der Waals surface area contributed by atoms with Crippen LogP contribution in [0.2, 0.25) is 0 Å². The summed E-state index contributed by atoms with van der Waals surface area (Å²) in [5.74, 6) is 0.0172. The maximum absolute atomic E-state index is 10.8. The second-order valence-electron chi connectivity index (χ2n) is 5.03. The number of nitrogens with one attached hydrogen (secondary N) is 1. The fraction of sp³-hybridized carbons (Fsp3) is 0.917. The number of nitrogens with zero attached hydrogens (tertiary/aromatic N) is 1. The van der Waals surface area contributed by atoms with Crippen molar-refractivity contribution in [3.63, 3.8) is 0 Å². The van der Waals surface area contributed by atoms with Gasteiger partial charge in [-0.25, -0.2) is 0 Å². The monoisotopic (exact) mass is 266 g/mol. The van der Waals surface area contributed by atoms with E-state index in [4.69, 9.17) is 5.11 Å². The molecule has 2 aliphatic rings. The van der Waals surface area contributed by atoms with E-state index in [0.717, 1.165) is 19.6 Å². The molecule has 1 heterocycles. The molecule has 17 heavy (non-hydrogen) atoms. The summed E-state index contributed by atoms with van der Waals surface area (Å²) in [7, 11) is 0. The van der Waals surface area contributed by atoms with E-state index in [-0.39, 0.29) is 57.9 Å². The van der Waals surface area contributed by atoms with Crippen LogP contribution in [0, 0.1) is 5.92 Å². The molecule has 1 aliphatic heterocycles. The van der Waals surface area contributed by atoms with Gasteiger partial charge in [0, 0.05) is 25.7 Å².